The first-order chi connectivity index (χ1) is 9.45. The molecule has 3 rings (SSSR count). The second-order valence-corrected chi connectivity index (χ2v) is 6.56. The second kappa shape index (κ2) is 20.9. The molecular formula is C18H20Cl4CuIPPd. The van der Waals surface area contributed by atoms with E-state index in [4.69, 9.17) is 0 Å². The molecule has 0 saturated heterocycles. The number of hydrogen-bond acceptors (Lipinski definition) is 0. The molecule has 26 heavy (non-hydrogen) atoms. The predicted molar refractivity (Wildman–Crippen MR) is 130 cm³/mol. The second-order valence-electron chi connectivity index (χ2n) is 4.34. The van der Waals surface area contributed by atoms with Crippen LogP contribution < -0.4 is 15.9 Å². The van der Waals surface area contributed by atoms with E-state index in [1.807, 2.05) is 0 Å². The van der Waals surface area contributed by atoms with Gasteiger partial charge in [-0.2, -0.15) is 0 Å². The number of hydrogen-bond donors (Lipinski definition) is 0. The molecule has 0 N–H and O–H groups in total. The summed E-state index contributed by atoms with van der Waals surface area (Å²) in [7, 11) is -0.446. The minimum absolute atomic E-state index is 0. The van der Waals surface area contributed by atoms with Gasteiger partial charge in [0.05, 0.1) is 0 Å². The van der Waals surface area contributed by atoms with Crippen molar-refractivity contribution < 1.29 is 37.5 Å². The fourth-order valence-electron chi connectivity index (χ4n) is 2.18. The van der Waals surface area contributed by atoms with Crippen molar-refractivity contribution >= 4 is 97.4 Å². The molecule has 0 fully saturated rings. The van der Waals surface area contributed by atoms with Gasteiger partial charge in [0, 0.05) is 37.5 Å². The van der Waals surface area contributed by atoms with Crippen LogP contribution in [0.2, 0.25) is 0 Å². The molecule has 8 heteroatoms. The van der Waals surface area contributed by atoms with Crippen molar-refractivity contribution in [2.75, 3.05) is 0 Å². The largest absolute Gasteiger partial charge is 0.147 e. The van der Waals surface area contributed by atoms with Crippen molar-refractivity contribution in [3.63, 3.8) is 0 Å². The smallest absolute Gasteiger partial charge is 0 e. The Kier molecular flexibility index (Phi) is 30.4. The minimum Gasteiger partial charge on any atom is -0.147 e. The van der Waals surface area contributed by atoms with Gasteiger partial charge < -0.3 is 0 Å². The van der Waals surface area contributed by atoms with E-state index in [2.05, 4.69) is 91.0 Å². The van der Waals surface area contributed by atoms with Crippen LogP contribution in [0.5, 0.6) is 0 Å². The van der Waals surface area contributed by atoms with E-state index in [-0.39, 0.29) is 111 Å². The van der Waals surface area contributed by atoms with Crippen LogP contribution in [0.4, 0.5) is 0 Å². The van der Waals surface area contributed by atoms with Gasteiger partial charge in [-0.1, -0.05) is 91.0 Å². The van der Waals surface area contributed by atoms with Crippen molar-refractivity contribution in [1.29, 1.82) is 0 Å². The van der Waals surface area contributed by atoms with Crippen molar-refractivity contribution in [3.8, 4) is 0 Å². The Morgan fingerprint density at radius 3 is 0.808 bits per heavy atom. The Morgan fingerprint density at radius 1 is 0.423 bits per heavy atom. The fraction of sp³-hybridized carbons (Fsp3) is 0. The van der Waals surface area contributed by atoms with Gasteiger partial charge in [-0.15, -0.1) is 73.6 Å². The first-order valence-electron chi connectivity index (χ1n) is 6.40. The van der Waals surface area contributed by atoms with Gasteiger partial charge in [0.15, 0.2) is 0 Å². The molecule has 0 atom stereocenters. The summed E-state index contributed by atoms with van der Waals surface area (Å²) in [6.07, 6.45) is 0. The first-order valence-corrected chi connectivity index (χ1v) is 7.74. The average Bonchev–Trinajstić information content (AvgIpc) is 2.51. The number of benzene rings is 3. The molecule has 3 aromatic carbocycles. The van der Waals surface area contributed by atoms with E-state index in [1.165, 1.54) is 15.9 Å². The summed E-state index contributed by atoms with van der Waals surface area (Å²) >= 11 is 0. The third-order valence-corrected chi connectivity index (χ3v) is 5.49. The molecule has 0 amide bonds. The molecule has 0 saturated carbocycles. The summed E-state index contributed by atoms with van der Waals surface area (Å²) in [6, 6.07) is 32.3. The van der Waals surface area contributed by atoms with Crippen LogP contribution in [0.15, 0.2) is 91.0 Å². The normalized spacial score (nSPS) is 7.73. The summed E-state index contributed by atoms with van der Waals surface area (Å²) in [5, 5.41) is 4.19. The van der Waals surface area contributed by atoms with Gasteiger partial charge in [0.25, 0.3) is 0 Å². The maximum absolute atomic E-state index is 2.23. The van der Waals surface area contributed by atoms with E-state index < -0.39 is 7.92 Å². The van der Waals surface area contributed by atoms with E-state index in [0.29, 0.717) is 0 Å². The number of rotatable bonds is 3. The predicted octanol–water partition coefficient (Wildman–Crippen LogP) is 5.75. The molecule has 0 heterocycles. The Hall–Kier alpha value is 1.16. The van der Waals surface area contributed by atoms with E-state index >= 15 is 0 Å². The molecule has 0 nitrogen and oxygen atoms in total. The summed E-state index contributed by atoms with van der Waals surface area (Å²) in [5.74, 6) is 0. The Balaban J connectivity index is -0.000000210. The van der Waals surface area contributed by atoms with Crippen LogP contribution in [0, 0.1) is 0 Å². The van der Waals surface area contributed by atoms with Gasteiger partial charge in [-0.05, 0) is 23.8 Å². The fourth-order valence-corrected chi connectivity index (χ4v) is 4.48. The van der Waals surface area contributed by atoms with Crippen LogP contribution in [-0.4, -0.2) is 0 Å². The summed E-state index contributed by atoms with van der Waals surface area (Å²) in [4.78, 5) is 0. The van der Waals surface area contributed by atoms with Gasteiger partial charge >= 0.3 is 0 Å². The third kappa shape index (κ3) is 10.6. The molecule has 0 aliphatic heterocycles. The molecular weight excluding hydrogens is 686 g/mol. The monoisotopic (exact) mass is 703 g/mol. The van der Waals surface area contributed by atoms with Crippen molar-refractivity contribution in [1.82, 2.24) is 0 Å². The molecule has 0 aliphatic carbocycles. The Bertz CT molecular complexity index is 557. The summed E-state index contributed by atoms with van der Waals surface area (Å²) in [5.41, 5.74) is 0. The zero-order chi connectivity index (χ0) is 12.9. The zero-order valence-electron chi connectivity index (χ0n) is 13.3. The van der Waals surface area contributed by atoms with Crippen LogP contribution in [0.3, 0.4) is 0 Å². The minimum atomic E-state index is -0.446. The van der Waals surface area contributed by atoms with E-state index in [0.717, 1.165) is 0 Å². The maximum Gasteiger partial charge on any atom is 0 e. The molecule has 0 spiro atoms. The van der Waals surface area contributed by atoms with Gasteiger partial charge in [0.1, 0.15) is 0 Å². The van der Waals surface area contributed by atoms with Crippen LogP contribution >= 0.6 is 81.5 Å². The van der Waals surface area contributed by atoms with Crippen LogP contribution in [0.25, 0.3) is 0 Å². The number of halogens is 5. The van der Waals surface area contributed by atoms with Gasteiger partial charge in [-0.3, -0.25) is 0 Å². The van der Waals surface area contributed by atoms with Crippen LogP contribution in [-0.2, 0) is 37.5 Å². The average molecular weight is 706 g/mol. The van der Waals surface area contributed by atoms with Crippen molar-refractivity contribution in [2.45, 2.75) is 0 Å². The third-order valence-electron chi connectivity index (χ3n) is 3.04. The molecule has 0 aromatic heterocycles. The molecule has 153 valence electrons. The topological polar surface area (TPSA) is 0 Å². The molecule has 0 aliphatic rings. The van der Waals surface area contributed by atoms with E-state index in [1.54, 1.807) is 0 Å². The van der Waals surface area contributed by atoms with E-state index in [9.17, 15) is 0 Å². The molecule has 0 unspecified atom stereocenters. The summed E-state index contributed by atoms with van der Waals surface area (Å²) < 4.78 is 0. The van der Waals surface area contributed by atoms with Gasteiger partial charge in [0.2, 0.25) is 0 Å². The zero-order valence-corrected chi connectivity index (χ0v) is 22.3. The standard InChI is InChI=1S/C18H15P.4ClH.Cu.HI.Pd/c1-4-10-16(11-5-1)19(17-12-6-2-7-13-17)18-14-8-3-9-15-18;;;;;;;/h1-15H;4*1H;;1H;. The van der Waals surface area contributed by atoms with Crippen molar-refractivity contribution in [2.24, 2.45) is 0 Å². The molecule has 0 bridgehead atoms. The van der Waals surface area contributed by atoms with Gasteiger partial charge in [-0.25, -0.2) is 0 Å². The maximum atomic E-state index is 2.23. The summed E-state index contributed by atoms with van der Waals surface area (Å²) in [6.45, 7) is 0. The van der Waals surface area contributed by atoms with Crippen LogP contribution in [0.1, 0.15) is 0 Å². The quantitative estimate of drug-likeness (QED) is 0.185. The first kappa shape index (κ1) is 37.9. The Morgan fingerprint density at radius 2 is 0.615 bits per heavy atom. The molecule has 3 aromatic rings. The molecule has 1 radical (unpaired) electrons. The van der Waals surface area contributed by atoms with Crippen molar-refractivity contribution in [3.05, 3.63) is 91.0 Å². The SMILES string of the molecule is Cl.Cl.Cl.Cl.I.[Cu].[Pd].c1ccc(P(c2ccccc2)c2ccccc2)cc1. The Labute approximate surface area is 223 Å².